The SMILES string of the molecule is CC1CCN(C(=O)Cc2cccnc2)CC1N. The molecule has 1 aromatic rings. The number of hydrogen-bond acceptors (Lipinski definition) is 3. The number of piperidine rings is 1. The first-order valence-electron chi connectivity index (χ1n) is 6.09. The highest BCUT2D eigenvalue weighted by molar-refractivity contribution is 5.78. The lowest BCUT2D eigenvalue weighted by Gasteiger charge is -2.35. The van der Waals surface area contributed by atoms with Crippen molar-refractivity contribution in [2.24, 2.45) is 11.7 Å². The third-order valence-corrected chi connectivity index (χ3v) is 3.45. The second kappa shape index (κ2) is 5.27. The summed E-state index contributed by atoms with van der Waals surface area (Å²) < 4.78 is 0. The maximum atomic E-state index is 12.1. The number of amides is 1. The number of nitrogens with zero attached hydrogens (tertiary/aromatic N) is 2. The largest absolute Gasteiger partial charge is 0.341 e. The third-order valence-electron chi connectivity index (χ3n) is 3.45. The molecule has 1 amide bonds. The fourth-order valence-corrected chi connectivity index (χ4v) is 2.11. The van der Waals surface area contributed by atoms with Gasteiger partial charge in [0, 0.05) is 31.5 Å². The molecule has 4 heteroatoms. The maximum Gasteiger partial charge on any atom is 0.227 e. The van der Waals surface area contributed by atoms with Gasteiger partial charge in [0.15, 0.2) is 0 Å². The second-order valence-corrected chi connectivity index (χ2v) is 4.81. The average Bonchev–Trinajstić information content (AvgIpc) is 2.34. The van der Waals surface area contributed by atoms with Crippen molar-refractivity contribution in [1.29, 1.82) is 0 Å². The van der Waals surface area contributed by atoms with Crippen LogP contribution in [0.1, 0.15) is 18.9 Å². The standard InChI is InChI=1S/C13H19N3O/c1-10-4-6-16(9-12(10)14)13(17)7-11-3-2-5-15-8-11/h2-3,5,8,10,12H,4,6-7,9,14H2,1H3. The molecule has 2 rings (SSSR count). The molecule has 0 aliphatic carbocycles. The molecule has 1 aliphatic heterocycles. The van der Waals surface area contributed by atoms with E-state index in [1.165, 1.54) is 0 Å². The fraction of sp³-hybridized carbons (Fsp3) is 0.538. The molecular formula is C13H19N3O. The molecule has 0 bridgehead atoms. The van der Waals surface area contributed by atoms with Crippen LogP contribution in [0.4, 0.5) is 0 Å². The monoisotopic (exact) mass is 233 g/mol. The van der Waals surface area contributed by atoms with Crippen LogP contribution in [0.3, 0.4) is 0 Å². The summed E-state index contributed by atoms with van der Waals surface area (Å²) in [6.45, 7) is 3.65. The third kappa shape index (κ3) is 3.03. The zero-order valence-electron chi connectivity index (χ0n) is 10.2. The van der Waals surface area contributed by atoms with E-state index in [-0.39, 0.29) is 11.9 Å². The van der Waals surface area contributed by atoms with E-state index in [0.717, 1.165) is 18.5 Å². The highest BCUT2D eigenvalue weighted by Crippen LogP contribution is 2.16. The average molecular weight is 233 g/mol. The van der Waals surface area contributed by atoms with Crippen molar-refractivity contribution in [3.8, 4) is 0 Å². The number of pyridine rings is 1. The smallest absolute Gasteiger partial charge is 0.227 e. The van der Waals surface area contributed by atoms with Crippen LogP contribution in [-0.4, -0.2) is 34.9 Å². The van der Waals surface area contributed by atoms with Gasteiger partial charge in [-0.1, -0.05) is 13.0 Å². The van der Waals surface area contributed by atoms with Crippen LogP contribution >= 0.6 is 0 Å². The summed E-state index contributed by atoms with van der Waals surface area (Å²) in [5.41, 5.74) is 6.96. The lowest BCUT2D eigenvalue weighted by atomic mass is 9.94. The molecule has 1 fully saturated rings. The lowest BCUT2D eigenvalue weighted by molar-refractivity contribution is -0.132. The molecule has 0 saturated carbocycles. The van der Waals surface area contributed by atoms with Gasteiger partial charge in [0.25, 0.3) is 0 Å². The Labute approximate surface area is 102 Å². The number of carbonyl (C=O) groups excluding carboxylic acids is 1. The van der Waals surface area contributed by atoms with Crippen LogP contribution < -0.4 is 5.73 Å². The maximum absolute atomic E-state index is 12.1. The van der Waals surface area contributed by atoms with E-state index in [4.69, 9.17) is 5.73 Å². The molecule has 1 saturated heterocycles. The molecule has 0 spiro atoms. The zero-order chi connectivity index (χ0) is 12.3. The number of nitrogens with two attached hydrogens (primary N) is 1. The van der Waals surface area contributed by atoms with E-state index in [0.29, 0.717) is 18.9 Å². The summed E-state index contributed by atoms with van der Waals surface area (Å²) in [6.07, 6.45) is 4.88. The number of aromatic nitrogens is 1. The summed E-state index contributed by atoms with van der Waals surface area (Å²) >= 11 is 0. The van der Waals surface area contributed by atoms with Crippen LogP contribution in [0, 0.1) is 5.92 Å². The fourth-order valence-electron chi connectivity index (χ4n) is 2.11. The Balaban J connectivity index is 1.93. The molecule has 1 aliphatic rings. The first-order valence-corrected chi connectivity index (χ1v) is 6.09. The summed E-state index contributed by atoms with van der Waals surface area (Å²) in [6, 6.07) is 3.89. The second-order valence-electron chi connectivity index (χ2n) is 4.81. The molecule has 1 aromatic heterocycles. The summed E-state index contributed by atoms with van der Waals surface area (Å²) in [5, 5.41) is 0. The highest BCUT2D eigenvalue weighted by atomic mass is 16.2. The highest BCUT2D eigenvalue weighted by Gasteiger charge is 2.26. The van der Waals surface area contributed by atoms with Gasteiger partial charge in [-0.05, 0) is 24.0 Å². The summed E-state index contributed by atoms with van der Waals surface area (Å²) in [5.74, 6) is 0.665. The van der Waals surface area contributed by atoms with E-state index in [2.05, 4.69) is 11.9 Å². The predicted octanol–water partition coefficient (Wildman–Crippen LogP) is 0.820. The predicted molar refractivity (Wildman–Crippen MR) is 66.3 cm³/mol. The van der Waals surface area contributed by atoms with Crippen molar-refractivity contribution in [1.82, 2.24) is 9.88 Å². The van der Waals surface area contributed by atoms with Gasteiger partial charge in [0.05, 0.1) is 6.42 Å². The molecule has 92 valence electrons. The van der Waals surface area contributed by atoms with Gasteiger partial charge >= 0.3 is 0 Å². The normalized spacial score (nSPS) is 24.7. The van der Waals surface area contributed by atoms with Crippen molar-refractivity contribution in [2.75, 3.05) is 13.1 Å². The van der Waals surface area contributed by atoms with Gasteiger partial charge in [0.2, 0.25) is 5.91 Å². The molecular weight excluding hydrogens is 214 g/mol. The van der Waals surface area contributed by atoms with Crippen molar-refractivity contribution >= 4 is 5.91 Å². The van der Waals surface area contributed by atoms with Crippen LogP contribution in [0.25, 0.3) is 0 Å². The Morgan fingerprint density at radius 3 is 3.12 bits per heavy atom. The first-order chi connectivity index (χ1) is 8.16. The van der Waals surface area contributed by atoms with Gasteiger partial charge < -0.3 is 10.6 Å². The van der Waals surface area contributed by atoms with E-state index in [1.54, 1.807) is 12.4 Å². The quantitative estimate of drug-likeness (QED) is 0.822. The molecule has 2 unspecified atom stereocenters. The Morgan fingerprint density at radius 2 is 2.47 bits per heavy atom. The van der Waals surface area contributed by atoms with Gasteiger partial charge in [-0.15, -0.1) is 0 Å². The molecule has 0 aromatic carbocycles. The van der Waals surface area contributed by atoms with Crippen molar-refractivity contribution < 1.29 is 4.79 Å². The minimum Gasteiger partial charge on any atom is -0.341 e. The number of likely N-dealkylation sites (tertiary alicyclic amines) is 1. The van der Waals surface area contributed by atoms with Gasteiger partial charge in [-0.3, -0.25) is 9.78 Å². The molecule has 17 heavy (non-hydrogen) atoms. The lowest BCUT2D eigenvalue weighted by Crippen LogP contribution is -2.50. The van der Waals surface area contributed by atoms with Crippen LogP contribution in [-0.2, 0) is 11.2 Å². The Morgan fingerprint density at radius 1 is 1.65 bits per heavy atom. The minimum absolute atomic E-state index is 0.113. The number of rotatable bonds is 2. The zero-order valence-corrected chi connectivity index (χ0v) is 10.2. The summed E-state index contributed by atoms with van der Waals surface area (Å²) in [7, 11) is 0. The van der Waals surface area contributed by atoms with Crippen molar-refractivity contribution in [3.63, 3.8) is 0 Å². The van der Waals surface area contributed by atoms with Crippen molar-refractivity contribution in [3.05, 3.63) is 30.1 Å². The van der Waals surface area contributed by atoms with Crippen LogP contribution in [0.5, 0.6) is 0 Å². The summed E-state index contributed by atoms with van der Waals surface area (Å²) in [4.78, 5) is 17.9. The molecule has 0 radical (unpaired) electrons. The number of carbonyl (C=O) groups is 1. The van der Waals surface area contributed by atoms with Gasteiger partial charge in [-0.25, -0.2) is 0 Å². The van der Waals surface area contributed by atoms with Crippen LogP contribution in [0.2, 0.25) is 0 Å². The molecule has 4 nitrogen and oxygen atoms in total. The van der Waals surface area contributed by atoms with E-state index >= 15 is 0 Å². The Kier molecular flexibility index (Phi) is 3.74. The van der Waals surface area contributed by atoms with E-state index in [1.807, 2.05) is 17.0 Å². The first kappa shape index (κ1) is 12.0. The van der Waals surface area contributed by atoms with Crippen molar-refractivity contribution in [2.45, 2.75) is 25.8 Å². The number of hydrogen-bond donors (Lipinski definition) is 1. The molecule has 2 N–H and O–H groups in total. The molecule has 2 atom stereocenters. The topological polar surface area (TPSA) is 59.2 Å². The van der Waals surface area contributed by atoms with Gasteiger partial charge in [0.1, 0.15) is 0 Å². The minimum atomic E-state index is 0.113. The van der Waals surface area contributed by atoms with Gasteiger partial charge in [-0.2, -0.15) is 0 Å². The van der Waals surface area contributed by atoms with E-state index < -0.39 is 0 Å². The van der Waals surface area contributed by atoms with Crippen LogP contribution in [0.15, 0.2) is 24.5 Å². The Bertz CT molecular complexity index is 380. The van der Waals surface area contributed by atoms with E-state index in [9.17, 15) is 4.79 Å². The molecule has 2 heterocycles. The Hall–Kier alpha value is -1.42.